The maximum Gasteiger partial charge on any atom is 0.322 e. The number of carbonyl (C=O) groups is 1. The molecule has 2 rings (SSSR count). The summed E-state index contributed by atoms with van der Waals surface area (Å²) < 4.78 is 32.1. The number of unbranched alkanes of at least 4 members (excludes halogenated alkanes) is 1. The lowest BCUT2D eigenvalue weighted by atomic mass is 10.1. The lowest BCUT2D eigenvalue weighted by molar-refractivity contribution is -0.138. The van der Waals surface area contributed by atoms with Crippen LogP contribution in [0.2, 0.25) is 0 Å². The first-order valence-corrected chi connectivity index (χ1v) is 11.5. The first-order chi connectivity index (χ1) is 14.8. The third-order valence-corrected chi connectivity index (χ3v) is 5.82. The lowest BCUT2D eigenvalue weighted by Crippen LogP contribution is -2.43. The second-order valence-corrected chi connectivity index (χ2v) is 8.79. The standard InChI is InChI=1S/C21H28N4O5S/c1-2-3-11-31(28,29)25-20(21(26)27)13-16-7-9-19(10-8-16)30-14-17-5-4-6-18(12-17)23-15-24-22/h4-10,12,15,20,25H,2-3,11,13-14,22H2,1H3,(H,23,24)(H,26,27). The molecule has 0 saturated carbocycles. The molecule has 0 aliphatic carbocycles. The Morgan fingerprint density at radius 2 is 1.97 bits per heavy atom. The summed E-state index contributed by atoms with van der Waals surface area (Å²) in [7, 11) is -3.64. The predicted molar refractivity (Wildman–Crippen MR) is 120 cm³/mol. The van der Waals surface area contributed by atoms with Crippen LogP contribution in [-0.2, 0) is 27.8 Å². The van der Waals surface area contributed by atoms with E-state index in [0.717, 1.165) is 11.3 Å². The Labute approximate surface area is 182 Å². The number of hydrogen-bond acceptors (Lipinski definition) is 6. The first-order valence-electron chi connectivity index (χ1n) is 9.85. The molecule has 0 radical (unpaired) electrons. The fourth-order valence-electron chi connectivity index (χ4n) is 2.75. The van der Waals surface area contributed by atoms with Gasteiger partial charge in [-0.15, -0.1) is 0 Å². The molecule has 0 amide bonds. The topological polar surface area (TPSA) is 143 Å². The molecule has 0 heterocycles. The van der Waals surface area contributed by atoms with E-state index in [4.69, 9.17) is 10.6 Å². The zero-order valence-corrected chi connectivity index (χ0v) is 18.1. The van der Waals surface area contributed by atoms with Crippen LogP contribution in [0.25, 0.3) is 0 Å². The molecule has 1 unspecified atom stereocenters. The van der Waals surface area contributed by atoms with Crippen LogP contribution < -0.4 is 20.7 Å². The van der Waals surface area contributed by atoms with Crippen molar-refractivity contribution < 1.29 is 23.1 Å². The van der Waals surface area contributed by atoms with Crippen molar-refractivity contribution in [2.24, 2.45) is 10.8 Å². The molecule has 0 fully saturated rings. The van der Waals surface area contributed by atoms with Gasteiger partial charge in [-0.1, -0.05) is 37.6 Å². The summed E-state index contributed by atoms with van der Waals surface area (Å²) in [6.07, 6.45) is 2.61. The molecule has 1 atom stereocenters. The van der Waals surface area contributed by atoms with Gasteiger partial charge in [-0.3, -0.25) is 4.79 Å². The highest BCUT2D eigenvalue weighted by atomic mass is 32.2. The third kappa shape index (κ3) is 8.75. The van der Waals surface area contributed by atoms with Crippen LogP contribution in [0.15, 0.2) is 53.5 Å². The minimum absolute atomic E-state index is 0.0379. The molecular weight excluding hydrogens is 420 g/mol. The van der Waals surface area contributed by atoms with Gasteiger partial charge in [0.15, 0.2) is 0 Å². The molecule has 2 aromatic rings. The number of hydrazine groups is 1. The van der Waals surface area contributed by atoms with E-state index in [1.807, 2.05) is 31.2 Å². The van der Waals surface area contributed by atoms with Crippen molar-refractivity contribution in [1.82, 2.24) is 10.1 Å². The van der Waals surface area contributed by atoms with E-state index >= 15 is 0 Å². The Morgan fingerprint density at radius 3 is 2.61 bits per heavy atom. The van der Waals surface area contributed by atoms with Crippen molar-refractivity contribution in [2.45, 2.75) is 38.8 Å². The molecule has 2 aromatic carbocycles. The zero-order chi connectivity index (χ0) is 22.7. The Bertz CT molecular complexity index is 978. The molecule has 10 heteroatoms. The maximum atomic E-state index is 12.0. The number of carboxylic acids is 1. The van der Waals surface area contributed by atoms with Gasteiger partial charge >= 0.3 is 5.97 Å². The number of rotatable bonds is 13. The monoisotopic (exact) mass is 448 g/mol. The molecule has 31 heavy (non-hydrogen) atoms. The van der Waals surface area contributed by atoms with Crippen molar-refractivity contribution in [3.05, 3.63) is 59.7 Å². The number of hydrogen-bond donors (Lipinski definition) is 4. The third-order valence-electron chi connectivity index (χ3n) is 4.35. The summed E-state index contributed by atoms with van der Waals surface area (Å²) in [5, 5.41) is 9.39. The number of nitrogens with one attached hydrogen (secondary N) is 2. The summed E-state index contributed by atoms with van der Waals surface area (Å²) in [5.41, 5.74) is 4.68. The van der Waals surface area contributed by atoms with E-state index in [1.165, 1.54) is 6.34 Å². The molecule has 0 spiro atoms. The predicted octanol–water partition coefficient (Wildman–Crippen LogP) is 2.10. The highest BCUT2D eigenvalue weighted by Gasteiger charge is 2.24. The average Bonchev–Trinajstić information content (AvgIpc) is 2.75. The number of nitrogens with zero attached hydrogens (tertiary/aromatic N) is 1. The normalized spacial score (nSPS) is 12.6. The molecule has 0 aliphatic heterocycles. The number of sulfonamides is 1. The molecule has 0 aliphatic rings. The summed E-state index contributed by atoms with van der Waals surface area (Å²) in [5.74, 6) is 4.47. The second kappa shape index (κ2) is 12.0. The lowest BCUT2D eigenvalue weighted by Gasteiger charge is -2.15. The van der Waals surface area contributed by atoms with E-state index in [9.17, 15) is 18.3 Å². The van der Waals surface area contributed by atoms with Gasteiger partial charge in [-0.2, -0.15) is 0 Å². The quantitative estimate of drug-likeness (QED) is 0.159. The fraction of sp³-hybridized carbons (Fsp3) is 0.333. The highest BCUT2D eigenvalue weighted by molar-refractivity contribution is 7.89. The van der Waals surface area contributed by atoms with Crippen molar-refractivity contribution in [3.63, 3.8) is 0 Å². The van der Waals surface area contributed by atoms with Gasteiger partial charge in [0.25, 0.3) is 0 Å². The molecule has 5 N–H and O–H groups in total. The Morgan fingerprint density at radius 1 is 1.23 bits per heavy atom. The molecule has 9 nitrogen and oxygen atoms in total. The number of aliphatic carboxylic acids is 1. The smallest absolute Gasteiger partial charge is 0.322 e. The first kappa shape index (κ1) is 24.3. The average molecular weight is 449 g/mol. The maximum absolute atomic E-state index is 12.0. The van der Waals surface area contributed by atoms with Crippen LogP contribution >= 0.6 is 0 Å². The molecular formula is C21H28N4O5S. The highest BCUT2D eigenvalue weighted by Crippen LogP contribution is 2.18. The minimum atomic E-state index is -3.64. The van der Waals surface area contributed by atoms with Gasteiger partial charge in [0.05, 0.1) is 11.4 Å². The number of ether oxygens (including phenoxy) is 1. The molecule has 0 bridgehead atoms. The van der Waals surface area contributed by atoms with Crippen LogP contribution in [0.1, 0.15) is 30.9 Å². The van der Waals surface area contributed by atoms with Gasteiger partial charge in [-0.05, 0) is 48.2 Å². The van der Waals surface area contributed by atoms with Crippen molar-refractivity contribution >= 4 is 28.0 Å². The number of nitrogens with two attached hydrogens (primary N) is 1. The summed E-state index contributed by atoms with van der Waals surface area (Å²) in [4.78, 5) is 15.6. The van der Waals surface area contributed by atoms with Gasteiger partial charge in [0.2, 0.25) is 10.0 Å². The van der Waals surface area contributed by atoms with Gasteiger partial charge in [0.1, 0.15) is 24.7 Å². The van der Waals surface area contributed by atoms with Crippen molar-refractivity contribution in [3.8, 4) is 5.75 Å². The van der Waals surface area contributed by atoms with Crippen molar-refractivity contribution in [2.75, 3.05) is 5.75 Å². The van der Waals surface area contributed by atoms with E-state index in [0.29, 0.717) is 30.8 Å². The van der Waals surface area contributed by atoms with Gasteiger partial charge in [0, 0.05) is 0 Å². The molecule has 0 saturated heterocycles. The number of carboxylic acid groups (broad SMARTS) is 1. The van der Waals surface area contributed by atoms with Crippen LogP contribution in [0.3, 0.4) is 0 Å². The van der Waals surface area contributed by atoms with Gasteiger partial charge < -0.3 is 15.3 Å². The van der Waals surface area contributed by atoms with E-state index in [1.54, 1.807) is 24.3 Å². The minimum Gasteiger partial charge on any atom is -0.489 e. The van der Waals surface area contributed by atoms with E-state index < -0.39 is 22.0 Å². The van der Waals surface area contributed by atoms with Crippen LogP contribution in [0.5, 0.6) is 5.75 Å². The Balaban J connectivity index is 1.96. The number of benzene rings is 2. The van der Waals surface area contributed by atoms with Gasteiger partial charge in [-0.25, -0.2) is 24.0 Å². The van der Waals surface area contributed by atoms with E-state index in [2.05, 4.69) is 15.1 Å². The largest absolute Gasteiger partial charge is 0.489 e. The van der Waals surface area contributed by atoms with Crippen LogP contribution in [0, 0.1) is 0 Å². The van der Waals surface area contributed by atoms with Crippen molar-refractivity contribution in [1.29, 1.82) is 0 Å². The van der Waals surface area contributed by atoms with E-state index in [-0.39, 0.29) is 12.2 Å². The molecule has 168 valence electrons. The number of aliphatic imine (C=N–C) groups is 1. The second-order valence-electron chi connectivity index (χ2n) is 6.91. The summed E-state index contributed by atoms with van der Waals surface area (Å²) in [6, 6.07) is 13.1. The Hall–Kier alpha value is -2.95. The summed E-state index contributed by atoms with van der Waals surface area (Å²) in [6.45, 7) is 2.20. The van der Waals surface area contributed by atoms with Crippen LogP contribution in [0.4, 0.5) is 5.69 Å². The van der Waals surface area contributed by atoms with Crippen LogP contribution in [-0.4, -0.2) is 37.6 Å². The SMILES string of the molecule is CCCCS(=O)(=O)NC(Cc1ccc(OCc2cccc(N=CNN)c2)cc1)C(=O)O. The Kier molecular flexibility index (Phi) is 9.44. The summed E-state index contributed by atoms with van der Waals surface area (Å²) >= 11 is 0. The zero-order valence-electron chi connectivity index (χ0n) is 17.3. The fourth-order valence-corrected chi connectivity index (χ4v) is 4.16. The molecule has 0 aromatic heterocycles.